The van der Waals surface area contributed by atoms with Crippen LogP contribution in [0.5, 0.6) is 11.5 Å². The second-order valence-electron chi connectivity index (χ2n) is 9.34. The Labute approximate surface area is 194 Å². The third-order valence-corrected chi connectivity index (χ3v) is 6.43. The Bertz CT molecular complexity index is 1180. The van der Waals surface area contributed by atoms with E-state index < -0.39 is 11.7 Å². The molecule has 1 aliphatic carbocycles. The SMILES string of the molecule is BC1(B)Oc2c(C(=O)N[C@H]3CCC[C@@H]3O)cc(Cc3ccc(-n4cccn4)cc3)c(C)c2O1. The van der Waals surface area contributed by atoms with Crippen LogP contribution in [0.15, 0.2) is 48.8 Å². The zero-order valence-electron chi connectivity index (χ0n) is 19.2. The van der Waals surface area contributed by atoms with E-state index >= 15 is 0 Å². The van der Waals surface area contributed by atoms with Gasteiger partial charge in [-0.25, -0.2) is 4.68 Å². The molecule has 3 aromatic rings. The predicted octanol–water partition coefficient (Wildman–Crippen LogP) is 1.06. The fraction of sp³-hybridized carbons (Fsp3) is 0.333. The van der Waals surface area contributed by atoms with E-state index in [2.05, 4.69) is 22.5 Å². The van der Waals surface area contributed by atoms with Gasteiger partial charge >= 0.3 is 0 Å². The summed E-state index contributed by atoms with van der Waals surface area (Å²) in [4.78, 5) is 13.2. The van der Waals surface area contributed by atoms with E-state index in [-0.39, 0.29) is 11.9 Å². The minimum absolute atomic E-state index is 0.233. The van der Waals surface area contributed by atoms with Crippen molar-refractivity contribution in [2.45, 2.75) is 50.3 Å². The number of aliphatic hydroxyl groups excluding tert-OH is 1. The Hall–Kier alpha value is -3.19. The number of amides is 1. The third-order valence-electron chi connectivity index (χ3n) is 6.43. The second-order valence-corrected chi connectivity index (χ2v) is 9.34. The Kier molecular flexibility index (Phi) is 5.44. The number of hydrogen-bond donors (Lipinski definition) is 2. The Morgan fingerprint density at radius 1 is 1.24 bits per heavy atom. The average Bonchev–Trinajstić information content (AvgIpc) is 3.51. The molecule has 1 fully saturated rings. The van der Waals surface area contributed by atoms with Crippen molar-refractivity contribution in [3.05, 3.63) is 71.0 Å². The Morgan fingerprint density at radius 2 is 2.00 bits per heavy atom. The van der Waals surface area contributed by atoms with E-state index in [0.29, 0.717) is 29.9 Å². The molecule has 2 aromatic carbocycles. The highest BCUT2D eigenvalue weighted by Crippen LogP contribution is 2.45. The van der Waals surface area contributed by atoms with Crippen LogP contribution in [0.3, 0.4) is 0 Å². The topological polar surface area (TPSA) is 85.6 Å². The summed E-state index contributed by atoms with van der Waals surface area (Å²) in [6.07, 6.45) is 6.20. The average molecular weight is 443 g/mol. The lowest BCUT2D eigenvalue weighted by atomic mass is 9.76. The van der Waals surface area contributed by atoms with Crippen LogP contribution in [0.1, 0.15) is 46.3 Å². The maximum atomic E-state index is 13.2. The molecule has 2 N–H and O–H groups in total. The summed E-state index contributed by atoms with van der Waals surface area (Å²) in [5, 5.41) is 17.4. The lowest BCUT2D eigenvalue weighted by Crippen LogP contribution is -2.41. The molecule has 2 atom stereocenters. The molecule has 0 radical (unpaired) electrons. The highest BCUT2D eigenvalue weighted by Gasteiger charge is 2.37. The summed E-state index contributed by atoms with van der Waals surface area (Å²) < 4.78 is 13.9. The molecule has 168 valence electrons. The van der Waals surface area contributed by atoms with E-state index in [9.17, 15) is 9.90 Å². The zero-order chi connectivity index (χ0) is 23.2. The molecule has 5 rings (SSSR count). The van der Waals surface area contributed by atoms with Crippen LogP contribution < -0.4 is 14.8 Å². The van der Waals surface area contributed by atoms with Crippen molar-refractivity contribution in [2.75, 3.05) is 0 Å². The molecule has 1 saturated carbocycles. The van der Waals surface area contributed by atoms with Gasteiger partial charge in [-0.15, -0.1) is 0 Å². The molecule has 33 heavy (non-hydrogen) atoms. The molecular weight excluding hydrogens is 416 g/mol. The molecule has 7 nitrogen and oxygen atoms in total. The predicted molar refractivity (Wildman–Crippen MR) is 130 cm³/mol. The number of benzene rings is 2. The van der Waals surface area contributed by atoms with Gasteiger partial charge in [-0.1, -0.05) is 12.1 Å². The van der Waals surface area contributed by atoms with Gasteiger partial charge in [0.15, 0.2) is 32.8 Å². The van der Waals surface area contributed by atoms with Crippen LogP contribution in [0.25, 0.3) is 5.69 Å². The van der Waals surface area contributed by atoms with Crippen LogP contribution in [-0.2, 0) is 6.42 Å². The molecule has 0 unspecified atom stereocenters. The summed E-state index contributed by atoms with van der Waals surface area (Å²) >= 11 is 0. The number of rotatable bonds is 5. The largest absolute Gasteiger partial charge is 0.466 e. The third kappa shape index (κ3) is 4.25. The highest BCUT2D eigenvalue weighted by molar-refractivity contribution is 6.38. The van der Waals surface area contributed by atoms with Crippen molar-refractivity contribution in [1.82, 2.24) is 15.1 Å². The number of aliphatic hydroxyl groups is 1. The summed E-state index contributed by atoms with van der Waals surface area (Å²) in [7, 11) is 3.67. The molecule has 0 spiro atoms. The number of fused-ring (bicyclic) bond motifs is 1. The first-order valence-electron chi connectivity index (χ1n) is 11.4. The lowest BCUT2D eigenvalue weighted by molar-refractivity contribution is 0.0793. The van der Waals surface area contributed by atoms with Crippen LogP contribution in [0.4, 0.5) is 0 Å². The normalized spacial score (nSPS) is 20.7. The molecule has 0 bridgehead atoms. The van der Waals surface area contributed by atoms with Crippen LogP contribution in [0.2, 0.25) is 0 Å². The fourth-order valence-electron chi connectivity index (χ4n) is 4.64. The van der Waals surface area contributed by atoms with E-state index in [4.69, 9.17) is 9.47 Å². The number of nitrogens with zero attached hydrogens (tertiary/aromatic N) is 2. The van der Waals surface area contributed by atoms with Gasteiger partial charge in [0.1, 0.15) is 0 Å². The first kappa shape index (κ1) is 21.6. The van der Waals surface area contributed by atoms with Gasteiger partial charge in [-0.2, -0.15) is 5.10 Å². The quantitative estimate of drug-likeness (QED) is 0.577. The Morgan fingerprint density at radius 3 is 2.67 bits per heavy atom. The van der Waals surface area contributed by atoms with Crippen molar-refractivity contribution < 1.29 is 19.4 Å². The molecule has 1 amide bonds. The molecule has 1 aromatic heterocycles. The maximum absolute atomic E-state index is 13.2. The van der Waals surface area contributed by atoms with Crippen molar-refractivity contribution in [3.63, 3.8) is 0 Å². The van der Waals surface area contributed by atoms with Crippen molar-refractivity contribution >= 4 is 21.6 Å². The molecule has 2 aliphatic rings. The van der Waals surface area contributed by atoms with Crippen molar-refractivity contribution in [2.24, 2.45) is 0 Å². The minimum atomic E-state index is -0.848. The second kappa shape index (κ2) is 8.30. The number of ether oxygens (including phenoxy) is 2. The van der Waals surface area contributed by atoms with Gasteiger partial charge in [-0.05, 0) is 73.6 Å². The van der Waals surface area contributed by atoms with Gasteiger partial charge in [0.05, 0.1) is 23.4 Å². The smallest absolute Gasteiger partial charge is 0.255 e. The number of aromatic nitrogens is 2. The molecular formula is C24H27B2N3O4. The lowest BCUT2D eigenvalue weighted by Gasteiger charge is -2.19. The van der Waals surface area contributed by atoms with E-state index in [1.807, 2.05) is 57.8 Å². The van der Waals surface area contributed by atoms with Gasteiger partial charge < -0.3 is 19.9 Å². The molecule has 0 saturated heterocycles. The monoisotopic (exact) mass is 443 g/mol. The molecule has 2 heterocycles. The summed E-state index contributed by atoms with van der Waals surface area (Å²) in [5.74, 6) is 0.844. The van der Waals surface area contributed by atoms with Gasteiger partial charge in [-0.3, -0.25) is 4.79 Å². The minimum Gasteiger partial charge on any atom is -0.466 e. The highest BCUT2D eigenvalue weighted by atomic mass is 16.7. The Balaban J connectivity index is 1.46. The van der Waals surface area contributed by atoms with Crippen LogP contribution in [0, 0.1) is 6.92 Å². The molecule has 9 heteroatoms. The summed E-state index contributed by atoms with van der Waals surface area (Å²) in [6, 6.07) is 11.8. The van der Waals surface area contributed by atoms with Gasteiger partial charge in [0, 0.05) is 12.4 Å². The van der Waals surface area contributed by atoms with Gasteiger partial charge in [0.25, 0.3) is 5.91 Å². The van der Waals surface area contributed by atoms with E-state index in [1.165, 1.54) is 0 Å². The van der Waals surface area contributed by atoms with Crippen molar-refractivity contribution in [3.8, 4) is 17.2 Å². The van der Waals surface area contributed by atoms with Crippen LogP contribution >= 0.6 is 0 Å². The number of carbonyl (C=O) groups excluding carboxylic acids is 1. The first-order valence-corrected chi connectivity index (χ1v) is 11.4. The summed E-state index contributed by atoms with van der Waals surface area (Å²) in [6.45, 7) is 2.00. The molecule has 1 aliphatic heterocycles. The summed E-state index contributed by atoms with van der Waals surface area (Å²) in [5.41, 5.74) is 3.67. The number of hydrogen-bond acceptors (Lipinski definition) is 5. The van der Waals surface area contributed by atoms with Crippen molar-refractivity contribution in [1.29, 1.82) is 0 Å². The first-order chi connectivity index (χ1) is 15.8. The maximum Gasteiger partial charge on any atom is 0.255 e. The standard InChI is InChI=1S/C24H27B2N3O4/c1-14-16(12-15-6-8-17(9-7-15)29-11-3-10-27-29)13-18(22-21(14)32-24(25,26)33-22)23(31)28-19-4-2-5-20(19)30/h3,6-11,13,19-20,30H,2,4-5,12,25-26H2,1H3,(H,28,31)/t19-,20-/m0/s1. The fourth-order valence-corrected chi connectivity index (χ4v) is 4.64. The van der Waals surface area contributed by atoms with Gasteiger partial charge in [0.2, 0.25) is 0 Å². The van der Waals surface area contributed by atoms with E-state index in [1.54, 1.807) is 6.20 Å². The number of carbonyl (C=O) groups is 1. The van der Waals surface area contributed by atoms with Crippen LogP contribution in [-0.4, -0.2) is 54.2 Å². The van der Waals surface area contributed by atoms with E-state index in [0.717, 1.165) is 35.2 Å². The zero-order valence-corrected chi connectivity index (χ0v) is 19.2. The number of nitrogens with one attached hydrogen (secondary N) is 1.